The average Bonchev–Trinajstić information content (AvgIpc) is 2.45. The third-order valence-electron chi connectivity index (χ3n) is 3.26. The van der Waals surface area contributed by atoms with E-state index in [1.54, 1.807) is 12.1 Å². The number of carbonyl (C=O) groups excluding carboxylic acids is 1. The predicted molar refractivity (Wildman–Crippen MR) is 78.7 cm³/mol. The van der Waals surface area contributed by atoms with E-state index < -0.39 is 22.0 Å². The Morgan fingerprint density at radius 2 is 1.95 bits per heavy atom. The van der Waals surface area contributed by atoms with E-state index in [-0.39, 0.29) is 16.5 Å². The van der Waals surface area contributed by atoms with Crippen LogP contribution >= 0.6 is 0 Å². The van der Waals surface area contributed by atoms with Gasteiger partial charge in [-0.15, -0.1) is 0 Å². The first-order valence-corrected chi connectivity index (χ1v) is 7.90. The maximum absolute atomic E-state index is 12.0. The Morgan fingerprint density at radius 1 is 1.35 bits per heavy atom. The van der Waals surface area contributed by atoms with Crippen LogP contribution in [-0.4, -0.2) is 27.4 Å². The van der Waals surface area contributed by atoms with Crippen LogP contribution in [0.3, 0.4) is 0 Å². The van der Waals surface area contributed by atoms with Crippen LogP contribution in [0.15, 0.2) is 29.2 Å². The number of rotatable bonds is 6. The third kappa shape index (κ3) is 3.78. The van der Waals surface area contributed by atoms with Crippen molar-refractivity contribution in [2.45, 2.75) is 31.2 Å². The van der Waals surface area contributed by atoms with Crippen molar-refractivity contribution in [1.29, 1.82) is 0 Å². The van der Waals surface area contributed by atoms with Crippen molar-refractivity contribution >= 4 is 21.6 Å². The molecule has 20 heavy (non-hydrogen) atoms. The number of anilines is 1. The lowest BCUT2D eigenvalue weighted by Gasteiger charge is -2.18. The van der Waals surface area contributed by atoms with Crippen LogP contribution in [-0.2, 0) is 14.8 Å². The van der Waals surface area contributed by atoms with E-state index in [1.807, 2.05) is 13.8 Å². The summed E-state index contributed by atoms with van der Waals surface area (Å²) in [6, 6.07) is 5.53. The van der Waals surface area contributed by atoms with E-state index in [9.17, 15) is 13.2 Å². The third-order valence-corrected chi connectivity index (χ3v) is 4.74. The molecule has 1 unspecified atom stereocenters. The molecule has 0 aliphatic heterocycles. The monoisotopic (exact) mass is 299 g/mol. The number of carbonyl (C=O) groups is 1. The molecule has 6 nitrogen and oxygen atoms in total. The molecule has 2 atom stereocenters. The van der Waals surface area contributed by atoms with E-state index >= 15 is 0 Å². The maximum Gasteiger partial charge on any atom is 0.242 e. The molecule has 0 saturated carbocycles. The Labute approximate surface area is 119 Å². The largest absolute Gasteiger partial charge is 0.324 e. The lowest BCUT2D eigenvalue weighted by molar-refractivity contribution is -0.118. The summed E-state index contributed by atoms with van der Waals surface area (Å²) in [7, 11) is -2.31. The maximum atomic E-state index is 12.0. The number of sulfonamides is 1. The van der Waals surface area contributed by atoms with Crippen molar-refractivity contribution in [3.05, 3.63) is 24.3 Å². The molecule has 1 rings (SSSR count). The van der Waals surface area contributed by atoms with Gasteiger partial charge in [0.25, 0.3) is 0 Å². The Kier molecular flexibility index (Phi) is 5.67. The number of hydrogen-bond acceptors (Lipinski definition) is 4. The first-order valence-electron chi connectivity index (χ1n) is 6.42. The lowest BCUT2D eigenvalue weighted by Crippen LogP contribution is -2.41. The minimum atomic E-state index is -3.63. The van der Waals surface area contributed by atoms with Crippen LogP contribution in [0.5, 0.6) is 0 Å². The zero-order valence-corrected chi connectivity index (χ0v) is 12.7. The second kappa shape index (κ2) is 6.83. The van der Waals surface area contributed by atoms with Gasteiger partial charge in [0.15, 0.2) is 0 Å². The lowest BCUT2D eigenvalue weighted by atomic mass is 9.99. The normalized spacial score (nSPS) is 14.6. The Morgan fingerprint density at radius 3 is 2.50 bits per heavy atom. The van der Waals surface area contributed by atoms with Crippen molar-refractivity contribution < 1.29 is 13.2 Å². The summed E-state index contributed by atoms with van der Waals surface area (Å²) < 4.78 is 26.0. The molecule has 0 aliphatic rings. The van der Waals surface area contributed by atoms with E-state index in [0.717, 1.165) is 6.42 Å². The highest BCUT2D eigenvalue weighted by atomic mass is 32.2. The van der Waals surface area contributed by atoms with E-state index in [1.165, 1.54) is 19.2 Å². The highest BCUT2D eigenvalue weighted by Crippen LogP contribution is 2.21. The molecule has 4 N–H and O–H groups in total. The molecule has 1 aromatic carbocycles. The number of hydrogen-bond donors (Lipinski definition) is 3. The van der Waals surface area contributed by atoms with Crippen molar-refractivity contribution in [1.82, 2.24) is 4.72 Å². The molecule has 1 aromatic rings. The summed E-state index contributed by atoms with van der Waals surface area (Å²) in [6.45, 7) is 3.82. The molecule has 0 radical (unpaired) electrons. The molecule has 0 saturated heterocycles. The van der Waals surface area contributed by atoms with Gasteiger partial charge in [0.2, 0.25) is 15.9 Å². The van der Waals surface area contributed by atoms with Crippen LogP contribution in [0.4, 0.5) is 5.69 Å². The van der Waals surface area contributed by atoms with E-state index in [4.69, 9.17) is 5.73 Å². The van der Waals surface area contributed by atoms with Crippen molar-refractivity contribution in [3.63, 3.8) is 0 Å². The molecule has 0 aliphatic carbocycles. The quantitative estimate of drug-likeness (QED) is 0.726. The second-order valence-corrected chi connectivity index (χ2v) is 6.46. The van der Waals surface area contributed by atoms with Crippen molar-refractivity contribution in [2.24, 2.45) is 11.7 Å². The van der Waals surface area contributed by atoms with Gasteiger partial charge in [-0.2, -0.15) is 0 Å². The minimum absolute atomic E-state index is 0.0167. The summed E-state index contributed by atoms with van der Waals surface area (Å²) >= 11 is 0. The summed E-state index contributed by atoms with van der Waals surface area (Å²) in [5, 5.41) is 2.58. The van der Waals surface area contributed by atoms with Crippen LogP contribution in [0.25, 0.3) is 0 Å². The zero-order valence-electron chi connectivity index (χ0n) is 11.9. The van der Waals surface area contributed by atoms with Crippen LogP contribution < -0.4 is 15.8 Å². The summed E-state index contributed by atoms with van der Waals surface area (Å²) in [4.78, 5) is 12.0. The second-order valence-electron chi connectivity index (χ2n) is 4.60. The van der Waals surface area contributed by atoms with Gasteiger partial charge in [0.1, 0.15) is 4.90 Å². The van der Waals surface area contributed by atoms with Crippen molar-refractivity contribution in [2.75, 3.05) is 12.4 Å². The van der Waals surface area contributed by atoms with Gasteiger partial charge in [0.05, 0.1) is 11.7 Å². The minimum Gasteiger partial charge on any atom is -0.324 e. The number of nitrogens with one attached hydrogen (secondary N) is 2. The zero-order chi connectivity index (χ0) is 15.3. The molecule has 0 bridgehead atoms. The fourth-order valence-corrected chi connectivity index (χ4v) is 2.53. The molecule has 0 aromatic heterocycles. The Bertz CT molecular complexity index is 572. The molecule has 112 valence electrons. The molecule has 0 spiro atoms. The Balaban J connectivity index is 3.03. The van der Waals surface area contributed by atoms with Gasteiger partial charge in [-0.1, -0.05) is 32.4 Å². The van der Waals surface area contributed by atoms with Gasteiger partial charge >= 0.3 is 0 Å². The molecular formula is C13H21N3O3S. The molecule has 0 fully saturated rings. The van der Waals surface area contributed by atoms with Crippen molar-refractivity contribution in [3.8, 4) is 0 Å². The SMILES string of the molecule is CCC(C)[C@H](N)C(=O)Nc1ccccc1S(=O)(=O)NC. The van der Waals surface area contributed by atoms with Gasteiger partial charge in [-0.05, 0) is 25.1 Å². The van der Waals surface area contributed by atoms with Gasteiger partial charge in [0, 0.05) is 0 Å². The average molecular weight is 299 g/mol. The Hall–Kier alpha value is -1.44. The van der Waals surface area contributed by atoms with E-state index in [2.05, 4.69) is 10.0 Å². The van der Waals surface area contributed by atoms with Crippen LogP contribution in [0.1, 0.15) is 20.3 Å². The van der Waals surface area contributed by atoms with Crippen LogP contribution in [0, 0.1) is 5.92 Å². The van der Waals surface area contributed by atoms with Gasteiger partial charge < -0.3 is 11.1 Å². The number of para-hydroxylation sites is 1. The molecular weight excluding hydrogens is 278 g/mol. The van der Waals surface area contributed by atoms with E-state index in [0.29, 0.717) is 0 Å². The number of nitrogens with two attached hydrogens (primary N) is 1. The molecule has 7 heteroatoms. The number of benzene rings is 1. The fourth-order valence-electron chi connectivity index (χ4n) is 1.64. The molecule has 0 heterocycles. The highest BCUT2D eigenvalue weighted by molar-refractivity contribution is 7.89. The highest BCUT2D eigenvalue weighted by Gasteiger charge is 2.22. The fraction of sp³-hybridized carbons (Fsp3) is 0.462. The standard InChI is InChI=1S/C13H21N3O3S/c1-4-9(2)12(14)13(17)16-10-7-5-6-8-11(10)20(18,19)15-3/h5-9,12,15H,4,14H2,1-3H3,(H,16,17)/t9?,12-/m0/s1. The first-order chi connectivity index (χ1) is 9.33. The summed E-state index contributed by atoms with van der Waals surface area (Å²) in [6.07, 6.45) is 0.769. The van der Waals surface area contributed by atoms with Gasteiger partial charge in [-0.25, -0.2) is 13.1 Å². The summed E-state index contributed by atoms with van der Waals surface area (Å²) in [5.74, 6) is -0.374. The first kappa shape index (κ1) is 16.6. The molecule has 1 amide bonds. The van der Waals surface area contributed by atoms with Crippen LogP contribution in [0.2, 0.25) is 0 Å². The summed E-state index contributed by atoms with van der Waals surface area (Å²) in [5.41, 5.74) is 6.06. The topological polar surface area (TPSA) is 101 Å². The smallest absolute Gasteiger partial charge is 0.242 e. The number of amides is 1. The van der Waals surface area contributed by atoms with Gasteiger partial charge in [-0.3, -0.25) is 4.79 Å². The predicted octanol–water partition coefficient (Wildman–Crippen LogP) is 0.907.